The number of rotatable bonds is 5. The van der Waals surface area contributed by atoms with Crippen LogP contribution in [0, 0.1) is 40.4 Å². The SMILES string of the molecule is CC(C)CCC[C@@H](C)[C@H]1CC[C@H]2C3=CCC4=C[C@@](O)(C(F)(F)F)CC[C@]4(C)[C@H]3CC[C@]12C. The van der Waals surface area contributed by atoms with Crippen LogP contribution in [0.3, 0.4) is 0 Å². The van der Waals surface area contributed by atoms with Crippen molar-refractivity contribution in [2.75, 3.05) is 0 Å². The van der Waals surface area contributed by atoms with E-state index in [0.717, 1.165) is 29.7 Å². The summed E-state index contributed by atoms with van der Waals surface area (Å²) in [4.78, 5) is 0. The van der Waals surface area contributed by atoms with Gasteiger partial charge in [0.25, 0.3) is 0 Å². The zero-order valence-electron chi connectivity index (χ0n) is 20.7. The Hall–Kier alpha value is -0.770. The Bertz CT molecular complexity index is 780. The highest BCUT2D eigenvalue weighted by molar-refractivity contribution is 5.38. The van der Waals surface area contributed by atoms with Gasteiger partial charge in [0, 0.05) is 0 Å². The second-order valence-electron chi connectivity index (χ2n) is 12.6. The monoisotopic (exact) mass is 452 g/mol. The molecule has 4 rings (SSSR count). The first-order valence-corrected chi connectivity index (χ1v) is 13.0. The van der Waals surface area contributed by atoms with Crippen molar-refractivity contribution in [1.29, 1.82) is 0 Å². The fourth-order valence-corrected chi connectivity index (χ4v) is 8.27. The molecule has 4 aliphatic rings. The van der Waals surface area contributed by atoms with Crippen LogP contribution in [0.2, 0.25) is 0 Å². The topological polar surface area (TPSA) is 20.2 Å². The van der Waals surface area contributed by atoms with Crippen LogP contribution in [0.5, 0.6) is 0 Å². The molecule has 0 spiro atoms. The summed E-state index contributed by atoms with van der Waals surface area (Å²) in [5, 5.41) is 10.3. The number of allylic oxidation sites excluding steroid dienone is 3. The molecule has 182 valence electrons. The Labute approximate surface area is 192 Å². The molecule has 0 aromatic carbocycles. The minimum atomic E-state index is -4.60. The van der Waals surface area contributed by atoms with Crippen molar-refractivity contribution >= 4 is 0 Å². The van der Waals surface area contributed by atoms with Crippen molar-refractivity contribution in [2.45, 2.75) is 111 Å². The van der Waals surface area contributed by atoms with Gasteiger partial charge in [0.05, 0.1) is 0 Å². The minimum absolute atomic E-state index is 0.211. The minimum Gasteiger partial charge on any atom is -0.377 e. The molecule has 0 saturated heterocycles. The molecule has 0 unspecified atom stereocenters. The highest BCUT2D eigenvalue weighted by atomic mass is 19.4. The summed E-state index contributed by atoms with van der Waals surface area (Å²) in [5.74, 6) is 3.19. The van der Waals surface area contributed by atoms with E-state index >= 15 is 0 Å². The third-order valence-electron chi connectivity index (χ3n) is 10.3. The number of alkyl halides is 3. The van der Waals surface area contributed by atoms with Gasteiger partial charge in [-0.25, -0.2) is 0 Å². The quantitative estimate of drug-likeness (QED) is 0.416. The molecule has 0 aromatic heterocycles. The smallest absolute Gasteiger partial charge is 0.377 e. The number of aliphatic hydroxyl groups is 1. The second-order valence-corrected chi connectivity index (χ2v) is 12.6. The third-order valence-corrected chi connectivity index (χ3v) is 10.3. The maximum Gasteiger partial charge on any atom is 0.420 e. The van der Waals surface area contributed by atoms with E-state index in [-0.39, 0.29) is 11.8 Å². The molecule has 4 aliphatic carbocycles. The van der Waals surface area contributed by atoms with E-state index in [1.165, 1.54) is 44.6 Å². The maximum atomic E-state index is 13.5. The van der Waals surface area contributed by atoms with Crippen LogP contribution in [-0.2, 0) is 0 Å². The average Bonchev–Trinajstić information content (AvgIpc) is 3.04. The normalized spacial score (nSPS) is 42.6. The van der Waals surface area contributed by atoms with Gasteiger partial charge in [0.2, 0.25) is 0 Å². The summed E-state index contributed by atoms with van der Waals surface area (Å²) in [6.45, 7) is 11.8. The second kappa shape index (κ2) is 8.17. The molecule has 32 heavy (non-hydrogen) atoms. The van der Waals surface area contributed by atoms with E-state index in [0.29, 0.717) is 30.1 Å². The molecule has 0 radical (unpaired) electrons. The Balaban J connectivity index is 1.56. The average molecular weight is 453 g/mol. The van der Waals surface area contributed by atoms with Crippen molar-refractivity contribution in [2.24, 2.45) is 40.4 Å². The molecule has 0 heterocycles. The van der Waals surface area contributed by atoms with E-state index in [2.05, 4.69) is 40.7 Å². The predicted octanol–water partition coefficient (Wildman–Crippen LogP) is 8.24. The molecule has 2 fully saturated rings. The summed E-state index contributed by atoms with van der Waals surface area (Å²) in [5.41, 5.74) is -0.187. The van der Waals surface area contributed by atoms with Crippen LogP contribution in [0.4, 0.5) is 13.2 Å². The molecule has 0 aromatic rings. The largest absolute Gasteiger partial charge is 0.420 e. The fourth-order valence-electron chi connectivity index (χ4n) is 8.27. The Kier molecular flexibility index (Phi) is 6.22. The first-order valence-electron chi connectivity index (χ1n) is 13.0. The zero-order valence-corrected chi connectivity index (χ0v) is 20.7. The number of hydrogen-bond acceptors (Lipinski definition) is 1. The molecule has 1 nitrogen and oxygen atoms in total. The molecular weight excluding hydrogens is 409 g/mol. The van der Waals surface area contributed by atoms with E-state index < -0.39 is 11.8 Å². The van der Waals surface area contributed by atoms with Crippen LogP contribution in [0.1, 0.15) is 98.8 Å². The maximum absolute atomic E-state index is 13.5. The molecule has 4 heteroatoms. The van der Waals surface area contributed by atoms with Gasteiger partial charge < -0.3 is 5.11 Å². The highest BCUT2D eigenvalue weighted by Crippen LogP contribution is 2.67. The molecule has 7 atom stereocenters. The van der Waals surface area contributed by atoms with Gasteiger partial charge >= 0.3 is 6.18 Å². The van der Waals surface area contributed by atoms with Crippen LogP contribution >= 0.6 is 0 Å². The van der Waals surface area contributed by atoms with Crippen molar-refractivity contribution in [3.8, 4) is 0 Å². The Morgan fingerprint density at radius 2 is 1.72 bits per heavy atom. The lowest BCUT2D eigenvalue weighted by molar-refractivity contribution is -0.246. The highest BCUT2D eigenvalue weighted by Gasteiger charge is 2.60. The van der Waals surface area contributed by atoms with Gasteiger partial charge in [0.15, 0.2) is 5.60 Å². The molecule has 1 N–H and O–H groups in total. The number of hydrogen-bond donors (Lipinski definition) is 1. The fraction of sp³-hybridized carbons (Fsp3) is 0.857. The lowest BCUT2D eigenvalue weighted by Gasteiger charge is -2.56. The standard InChI is InChI=1S/C28H43F3O/c1-18(2)7-6-8-19(3)22-11-12-23-21-10-9-20-17-27(32,28(29,30)31)16-15-25(20,4)24(21)13-14-26(22,23)5/h10,17-19,22-24,32H,6-9,11-16H2,1-5H3/t19-,22-,23+,24+,25+,26-,27-/m1/s1. The Morgan fingerprint density at radius 1 is 1.00 bits per heavy atom. The van der Waals surface area contributed by atoms with E-state index in [4.69, 9.17) is 0 Å². The van der Waals surface area contributed by atoms with Crippen LogP contribution in [0.25, 0.3) is 0 Å². The first-order chi connectivity index (χ1) is 14.8. The zero-order chi connectivity index (χ0) is 23.5. The van der Waals surface area contributed by atoms with Gasteiger partial charge in [0.1, 0.15) is 0 Å². The van der Waals surface area contributed by atoms with Gasteiger partial charge in [-0.2, -0.15) is 13.2 Å². The van der Waals surface area contributed by atoms with Crippen LogP contribution in [-0.4, -0.2) is 16.9 Å². The number of halogens is 3. The molecular formula is C28H43F3O. The van der Waals surface area contributed by atoms with Gasteiger partial charge in [-0.05, 0) is 91.4 Å². The molecule has 0 aliphatic heterocycles. The van der Waals surface area contributed by atoms with Crippen molar-refractivity contribution < 1.29 is 18.3 Å². The first kappa shape index (κ1) is 24.4. The molecule has 2 saturated carbocycles. The summed E-state index contributed by atoms with van der Waals surface area (Å²) in [6, 6.07) is 0. The summed E-state index contributed by atoms with van der Waals surface area (Å²) in [6.07, 6.45) is 8.38. The lowest BCUT2D eigenvalue weighted by atomic mass is 9.49. The van der Waals surface area contributed by atoms with Crippen molar-refractivity contribution in [3.05, 3.63) is 23.3 Å². The molecule has 0 bridgehead atoms. The summed E-state index contributed by atoms with van der Waals surface area (Å²) in [7, 11) is 0. The van der Waals surface area contributed by atoms with Crippen molar-refractivity contribution in [1.82, 2.24) is 0 Å². The van der Waals surface area contributed by atoms with Crippen LogP contribution in [0.15, 0.2) is 23.3 Å². The van der Waals surface area contributed by atoms with E-state index in [1.54, 1.807) is 5.57 Å². The lowest BCUT2D eigenvalue weighted by Crippen LogP contribution is -2.51. The van der Waals surface area contributed by atoms with E-state index in [1.807, 2.05) is 0 Å². The van der Waals surface area contributed by atoms with Crippen LogP contribution < -0.4 is 0 Å². The third kappa shape index (κ3) is 3.81. The number of fused-ring (bicyclic) bond motifs is 5. The van der Waals surface area contributed by atoms with E-state index in [9.17, 15) is 18.3 Å². The van der Waals surface area contributed by atoms with Crippen molar-refractivity contribution in [3.63, 3.8) is 0 Å². The summed E-state index contributed by atoms with van der Waals surface area (Å²) < 4.78 is 40.5. The predicted molar refractivity (Wildman–Crippen MR) is 124 cm³/mol. The Morgan fingerprint density at radius 3 is 2.38 bits per heavy atom. The summed E-state index contributed by atoms with van der Waals surface area (Å²) >= 11 is 0. The van der Waals surface area contributed by atoms with Gasteiger partial charge in [-0.15, -0.1) is 0 Å². The van der Waals surface area contributed by atoms with Gasteiger partial charge in [-0.1, -0.05) is 71.1 Å². The van der Waals surface area contributed by atoms with Gasteiger partial charge in [-0.3, -0.25) is 0 Å². The molecule has 0 amide bonds.